The van der Waals surface area contributed by atoms with Crippen molar-refractivity contribution >= 4 is 5.97 Å². The average Bonchev–Trinajstić information content (AvgIpc) is 1.65. The van der Waals surface area contributed by atoms with E-state index in [2.05, 4.69) is 11.3 Å². The number of carbonyl (C=O) groups excluding carboxylic acids is 1. The lowest BCUT2D eigenvalue weighted by molar-refractivity contribution is -0.136. The van der Waals surface area contributed by atoms with E-state index in [9.17, 15) is 4.79 Å². The van der Waals surface area contributed by atoms with Crippen LogP contribution in [-0.2, 0) is 9.53 Å². The minimum atomic E-state index is -0.398. The normalized spacial score (nSPS) is 8.88. The van der Waals surface area contributed by atoms with Crippen molar-refractivity contribution in [1.82, 2.24) is 0 Å². The third kappa shape index (κ3) is 3.40. The Hall–Kier alpha value is -0.790. The Labute approximate surface area is 49.1 Å². The van der Waals surface area contributed by atoms with Crippen LogP contribution in [-0.4, -0.2) is 5.97 Å². The summed E-state index contributed by atoms with van der Waals surface area (Å²) in [5, 5.41) is 0. The second kappa shape index (κ2) is 3.24. The number of esters is 1. The first-order chi connectivity index (χ1) is 3.66. The number of hydrogen-bond donors (Lipinski definition) is 0. The second-order valence-electron chi connectivity index (χ2n) is 1.53. The molecule has 0 aromatic rings. The average molecular weight is 113 g/mol. The van der Waals surface area contributed by atoms with Crippen LogP contribution in [0.3, 0.4) is 0 Å². The third-order valence-corrected chi connectivity index (χ3v) is 0.471. The monoisotopic (exact) mass is 113 g/mol. The topological polar surface area (TPSA) is 26.3 Å². The molecule has 0 spiro atoms. The van der Waals surface area contributed by atoms with Crippen molar-refractivity contribution in [1.29, 1.82) is 0 Å². The molecule has 0 N–H and O–H groups in total. The summed E-state index contributed by atoms with van der Waals surface area (Å²) in [4.78, 5) is 10.3. The standard InChI is InChI=1S/C6H9O2/c1-4-6(7)8-5(2)3/h4H,1H2,2-3H3. The zero-order chi connectivity index (χ0) is 6.57. The maximum Gasteiger partial charge on any atom is 0.330 e. The van der Waals surface area contributed by atoms with Crippen molar-refractivity contribution < 1.29 is 9.53 Å². The highest BCUT2D eigenvalue weighted by Crippen LogP contribution is 1.96. The Morgan fingerprint density at radius 2 is 2.12 bits per heavy atom. The first-order valence-electron chi connectivity index (χ1n) is 2.31. The van der Waals surface area contributed by atoms with E-state index in [-0.39, 0.29) is 0 Å². The molecule has 0 bridgehead atoms. The fraction of sp³-hybridized carbons (Fsp3) is 0.333. The van der Waals surface area contributed by atoms with Crippen molar-refractivity contribution in [2.24, 2.45) is 0 Å². The molecule has 0 heterocycles. The van der Waals surface area contributed by atoms with Gasteiger partial charge < -0.3 is 4.74 Å². The van der Waals surface area contributed by atoms with Gasteiger partial charge >= 0.3 is 5.97 Å². The van der Waals surface area contributed by atoms with E-state index in [0.717, 1.165) is 6.08 Å². The largest absolute Gasteiger partial charge is 0.452 e. The van der Waals surface area contributed by atoms with Crippen LogP contribution in [0.5, 0.6) is 0 Å². The minimum absolute atomic E-state index is 0.398. The fourth-order valence-corrected chi connectivity index (χ4v) is 0.243. The summed E-state index contributed by atoms with van der Waals surface area (Å²) in [6.45, 7) is 6.65. The van der Waals surface area contributed by atoms with Crippen LogP contribution < -0.4 is 0 Å². The first-order valence-corrected chi connectivity index (χ1v) is 2.31. The molecule has 2 nitrogen and oxygen atoms in total. The van der Waals surface area contributed by atoms with Crippen molar-refractivity contribution in [2.75, 3.05) is 0 Å². The summed E-state index contributed by atoms with van der Waals surface area (Å²) < 4.78 is 4.56. The fourth-order valence-electron chi connectivity index (χ4n) is 0.243. The van der Waals surface area contributed by atoms with Gasteiger partial charge in [0.05, 0.1) is 0 Å². The van der Waals surface area contributed by atoms with Gasteiger partial charge in [0.15, 0.2) is 0 Å². The van der Waals surface area contributed by atoms with Crippen LogP contribution in [0.15, 0.2) is 12.7 Å². The lowest BCUT2D eigenvalue weighted by Gasteiger charge is -2.00. The van der Waals surface area contributed by atoms with Gasteiger partial charge in [-0.15, -0.1) is 0 Å². The summed E-state index contributed by atoms with van der Waals surface area (Å²) in [7, 11) is 0. The van der Waals surface area contributed by atoms with Crippen molar-refractivity contribution in [3.05, 3.63) is 18.8 Å². The highest BCUT2D eigenvalue weighted by molar-refractivity contribution is 5.81. The lowest BCUT2D eigenvalue weighted by Crippen LogP contribution is -2.00. The summed E-state index contributed by atoms with van der Waals surface area (Å²) in [5.41, 5.74) is 0. The molecule has 0 unspecified atom stereocenters. The Kier molecular flexibility index (Phi) is 2.92. The van der Waals surface area contributed by atoms with Gasteiger partial charge in [0.25, 0.3) is 0 Å². The van der Waals surface area contributed by atoms with Gasteiger partial charge in [0, 0.05) is 6.08 Å². The van der Waals surface area contributed by atoms with Crippen LogP contribution in [0.1, 0.15) is 13.8 Å². The Morgan fingerprint density at radius 3 is 2.25 bits per heavy atom. The number of hydrogen-bond acceptors (Lipinski definition) is 2. The van der Waals surface area contributed by atoms with Crippen LogP contribution >= 0.6 is 0 Å². The van der Waals surface area contributed by atoms with Crippen LogP contribution in [0.4, 0.5) is 0 Å². The molecule has 0 saturated heterocycles. The van der Waals surface area contributed by atoms with Crippen LogP contribution in [0.2, 0.25) is 0 Å². The Morgan fingerprint density at radius 1 is 1.62 bits per heavy atom. The van der Waals surface area contributed by atoms with E-state index in [1.807, 2.05) is 0 Å². The lowest BCUT2D eigenvalue weighted by atomic mass is 10.5. The molecule has 0 saturated carbocycles. The van der Waals surface area contributed by atoms with Crippen molar-refractivity contribution in [3.8, 4) is 0 Å². The molecule has 0 aromatic heterocycles. The molecule has 45 valence electrons. The van der Waals surface area contributed by atoms with Crippen LogP contribution in [0.25, 0.3) is 0 Å². The van der Waals surface area contributed by atoms with Gasteiger partial charge in [0.2, 0.25) is 0 Å². The summed E-state index contributed by atoms with van der Waals surface area (Å²) in [6.07, 6.45) is 1.77. The SMILES string of the molecule is C=CC(=O)O[C](C)C. The van der Waals surface area contributed by atoms with Gasteiger partial charge in [-0.05, 0) is 13.8 Å². The third-order valence-electron chi connectivity index (χ3n) is 0.471. The molecule has 0 amide bonds. The van der Waals surface area contributed by atoms with Crippen LogP contribution in [0, 0.1) is 6.10 Å². The zero-order valence-electron chi connectivity index (χ0n) is 5.10. The second-order valence-corrected chi connectivity index (χ2v) is 1.53. The van der Waals surface area contributed by atoms with E-state index in [0.29, 0.717) is 6.10 Å². The maximum atomic E-state index is 10.3. The maximum absolute atomic E-state index is 10.3. The predicted octanol–water partition coefficient (Wildman–Crippen LogP) is 1.29. The number of ether oxygens (including phenoxy) is 1. The molecule has 2 heteroatoms. The highest BCUT2D eigenvalue weighted by atomic mass is 16.5. The highest BCUT2D eigenvalue weighted by Gasteiger charge is 1.97. The quantitative estimate of drug-likeness (QED) is 0.398. The van der Waals surface area contributed by atoms with E-state index < -0.39 is 5.97 Å². The Balaban J connectivity index is 3.39. The first kappa shape index (κ1) is 7.21. The van der Waals surface area contributed by atoms with Crippen molar-refractivity contribution in [2.45, 2.75) is 13.8 Å². The van der Waals surface area contributed by atoms with Gasteiger partial charge in [-0.2, -0.15) is 0 Å². The summed E-state index contributed by atoms with van der Waals surface area (Å²) in [6, 6.07) is 0. The molecule has 0 aliphatic carbocycles. The van der Waals surface area contributed by atoms with E-state index in [1.54, 1.807) is 13.8 Å². The van der Waals surface area contributed by atoms with E-state index in [4.69, 9.17) is 0 Å². The van der Waals surface area contributed by atoms with Gasteiger partial charge in [-0.1, -0.05) is 6.58 Å². The molecule has 0 aromatic carbocycles. The molecular formula is C6H9O2. The number of carbonyl (C=O) groups is 1. The molecule has 0 fully saturated rings. The van der Waals surface area contributed by atoms with E-state index in [1.165, 1.54) is 0 Å². The number of rotatable bonds is 2. The van der Waals surface area contributed by atoms with Gasteiger partial charge in [-0.25, -0.2) is 4.79 Å². The molecule has 0 atom stereocenters. The van der Waals surface area contributed by atoms with Crippen molar-refractivity contribution in [3.63, 3.8) is 0 Å². The van der Waals surface area contributed by atoms with Gasteiger partial charge in [0.1, 0.15) is 6.10 Å². The van der Waals surface area contributed by atoms with Gasteiger partial charge in [-0.3, -0.25) is 0 Å². The molecule has 0 aliphatic rings. The summed E-state index contributed by atoms with van der Waals surface area (Å²) in [5.74, 6) is -0.398. The molecule has 0 aliphatic heterocycles. The predicted molar refractivity (Wildman–Crippen MR) is 30.9 cm³/mol. The molecule has 0 rings (SSSR count). The Bertz CT molecular complexity index is 94.7. The zero-order valence-corrected chi connectivity index (χ0v) is 5.10. The smallest absolute Gasteiger partial charge is 0.330 e. The summed E-state index contributed by atoms with van der Waals surface area (Å²) >= 11 is 0. The van der Waals surface area contributed by atoms with E-state index >= 15 is 0 Å². The molecular weight excluding hydrogens is 104 g/mol. The minimum Gasteiger partial charge on any atom is -0.452 e. The molecule has 1 radical (unpaired) electrons. The molecule has 8 heavy (non-hydrogen) atoms.